The topological polar surface area (TPSA) is 248 Å². The average molecular weight is 885 g/mol. The monoisotopic (exact) mass is 883 g/mol. The molecule has 2 aromatic carbocycles. The molecule has 312 valence electrons. The van der Waals surface area contributed by atoms with Crippen LogP contribution in [0, 0.1) is 5.82 Å². The molecule has 0 saturated carbocycles. The molecule has 0 radical (unpaired) electrons. The third-order valence-corrected chi connectivity index (χ3v) is 9.55. The van der Waals surface area contributed by atoms with E-state index in [0.29, 0.717) is 94.3 Å². The Morgan fingerprint density at radius 3 is 1.98 bits per heavy atom. The van der Waals surface area contributed by atoms with Gasteiger partial charge in [-0.1, -0.05) is 6.07 Å². The van der Waals surface area contributed by atoms with Gasteiger partial charge in [-0.05, 0) is 52.3 Å². The molecule has 0 fully saturated rings. The number of amides is 1. The molecule has 4 rings (SSSR count). The molecule has 0 atom stereocenters. The molecule has 0 aliphatic carbocycles. The minimum atomic E-state index is -3.80. The standard InChI is InChI=1S/C35H47BrFN9O10S/c1-50-34-29(38)24-46(45-34)10-12-52-14-16-54-18-20-56-22-21-55-19-17-53-15-13-51-11-9-41-57(48,49)26-7-5-25(6-8-26)42-35-40-23-27(36)33(44-35)43-30-4-2-3-28(37)31(30)32(39)47/h2-8,23-24,41H,9-22,38H2,1H3,(H2,39,47)(H2,40,42,43,44). The molecule has 0 unspecified atom stereocenters. The highest BCUT2D eigenvalue weighted by Gasteiger charge is 2.17. The second kappa shape index (κ2) is 24.3. The van der Waals surface area contributed by atoms with Crippen molar-refractivity contribution in [3.63, 3.8) is 0 Å². The molecular formula is C35H47BrFN9O10S. The fourth-order valence-electron chi connectivity index (χ4n) is 4.75. The van der Waals surface area contributed by atoms with Gasteiger partial charge in [0.25, 0.3) is 11.8 Å². The predicted octanol–water partition coefficient (Wildman–Crippen LogP) is 2.83. The first-order valence-corrected chi connectivity index (χ1v) is 19.9. The van der Waals surface area contributed by atoms with Gasteiger partial charge in [0.15, 0.2) is 0 Å². The van der Waals surface area contributed by atoms with Crippen molar-refractivity contribution in [1.29, 1.82) is 0 Å². The third kappa shape index (κ3) is 15.7. The summed E-state index contributed by atoms with van der Waals surface area (Å²) in [7, 11) is -2.28. The predicted molar refractivity (Wildman–Crippen MR) is 211 cm³/mol. The Balaban J connectivity index is 0.978. The zero-order chi connectivity index (χ0) is 40.9. The summed E-state index contributed by atoms with van der Waals surface area (Å²) in [6.07, 6.45) is 3.15. The minimum Gasteiger partial charge on any atom is -0.478 e. The third-order valence-electron chi connectivity index (χ3n) is 7.49. The number of ether oxygens (including phenoxy) is 7. The molecule has 19 nitrogen and oxygen atoms in total. The van der Waals surface area contributed by atoms with Crippen molar-refractivity contribution in [2.24, 2.45) is 5.73 Å². The van der Waals surface area contributed by atoms with Crippen molar-refractivity contribution < 1.29 is 50.8 Å². The van der Waals surface area contributed by atoms with Crippen molar-refractivity contribution in [1.82, 2.24) is 24.5 Å². The highest BCUT2D eigenvalue weighted by atomic mass is 79.9. The normalized spacial score (nSPS) is 11.5. The lowest BCUT2D eigenvalue weighted by Crippen LogP contribution is -2.27. The van der Waals surface area contributed by atoms with Gasteiger partial charge in [0.2, 0.25) is 16.0 Å². The molecule has 0 saturated heterocycles. The first-order chi connectivity index (χ1) is 27.6. The molecule has 4 aromatic rings. The lowest BCUT2D eigenvalue weighted by Gasteiger charge is -2.13. The van der Waals surface area contributed by atoms with E-state index >= 15 is 0 Å². The van der Waals surface area contributed by atoms with E-state index in [9.17, 15) is 17.6 Å². The maximum absolute atomic E-state index is 14.2. The summed E-state index contributed by atoms with van der Waals surface area (Å²) in [6.45, 7) is 5.28. The number of sulfonamides is 1. The van der Waals surface area contributed by atoms with Crippen LogP contribution in [0.1, 0.15) is 10.4 Å². The number of hydrogen-bond acceptors (Lipinski definition) is 16. The van der Waals surface area contributed by atoms with Gasteiger partial charge in [-0.3, -0.25) is 9.48 Å². The molecule has 0 spiro atoms. The zero-order valence-corrected chi connectivity index (χ0v) is 33.7. The molecule has 0 bridgehead atoms. The zero-order valence-electron chi connectivity index (χ0n) is 31.3. The van der Waals surface area contributed by atoms with Gasteiger partial charge in [-0.25, -0.2) is 22.5 Å². The van der Waals surface area contributed by atoms with E-state index in [1.807, 2.05) is 0 Å². The number of anilines is 5. The van der Waals surface area contributed by atoms with Crippen LogP contribution in [0.5, 0.6) is 5.88 Å². The van der Waals surface area contributed by atoms with Gasteiger partial charge in [0.1, 0.15) is 17.3 Å². The van der Waals surface area contributed by atoms with Crippen LogP contribution in [-0.4, -0.2) is 127 Å². The van der Waals surface area contributed by atoms with Gasteiger partial charge in [0.05, 0.1) is 120 Å². The van der Waals surface area contributed by atoms with Crippen LogP contribution < -0.4 is 31.6 Å². The number of nitrogens with one attached hydrogen (secondary N) is 3. The van der Waals surface area contributed by atoms with E-state index in [1.54, 1.807) is 23.0 Å². The van der Waals surface area contributed by atoms with Gasteiger partial charge >= 0.3 is 0 Å². The number of rotatable bonds is 29. The number of nitrogen functional groups attached to an aromatic ring is 1. The lowest BCUT2D eigenvalue weighted by molar-refractivity contribution is -0.0168. The number of nitrogens with two attached hydrogens (primary N) is 2. The van der Waals surface area contributed by atoms with E-state index in [0.717, 1.165) is 6.07 Å². The Morgan fingerprint density at radius 2 is 1.42 bits per heavy atom. The molecule has 1 amide bonds. The quantitative estimate of drug-likeness (QED) is 0.0492. The number of carbonyl (C=O) groups is 1. The summed E-state index contributed by atoms with van der Waals surface area (Å²) >= 11 is 3.32. The summed E-state index contributed by atoms with van der Waals surface area (Å²) in [5.74, 6) is -0.939. The average Bonchev–Trinajstić information content (AvgIpc) is 3.55. The van der Waals surface area contributed by atoms with Gasteiger partial charge in [-0.2, -0.15) is 4.98 Å². The molecule has 22 heteroatoms. The fraction of sp³-hybridized carbons (Fsp3) is 0.429. The first-order valence-electron chi connectivity index (χ1n) is 17.7. The number of halogens is 2. The number of carbonyl (C=O) groups excluding carboxylic acids is 1. The maximum Gasteiger partial charge on any atom is 0.256 e. The van der Waals surface area contributed by atoms with Gasteiger partial charge < -0.3 is 55.3 Å². The molecule has 2 aromatic heterocycles. The lowest BCUT2D eigenvalue weighted by atomic mass is 10.1. The smallest absolute Gasteiger partial charge is 0.256 e. The van der Waals surface area contributed by atoms with Crippen LogP contribution in [0.4, 0.5) is 33.2 Å². The van der Waals surface area contributed by atoms with Crippen molar-refractivity contribution in [2.75, 3.05) is 109 Å². The van der Waals surface area contributed by atoms with Crippen LogP contribution in [0.15, 0.2) is 64.2 Å². The highest BCUT2D eigenvalue weighted by molar-refractivity contribution is 9.10. The number of aromatic nitrogens is 4. The van der Waals surface area contributed by atoms with Crippen LogP contribution in [-0.2, 0) is 45.0 Å². The summed E-state index contributed by atoms with van der Waals surface area (Å²) < 4.78 is 82.2. The molecular weight excluding hydrogens is 837 g/mol. The Labute approximate surface area is 338 Å². The van der Waals surface area contributed by atoms with Gasteiger partial charge in [-0.15, -0.1) is 5.10 Å². The van der Waals surface area contributed by atoms with Gasteiger partial charge in [0, 0.05) is 18.4 Å². The van der Waals surface area contributed by atoms with E-state index in [1.165, 1.54) is 37.6 Å². The van der Waals surface area contributed by atoms with Crippen molar-refractivity contribution in [3.05, 3.63) is 70.7 Å². The summed E-state index contributed by atoms with van der Waals surface area (Å²) in [5.41, 5.74) is 11.9. The van der Waals surface area contributed by atoms with Crippen LogP contribution >= 0.6 is 15.9 Å². The van der Waals surface area contributed by atoms with Crippen molar-refractivity contribution in [2.45, 2.75) is 11.4 Å². The van der Waals surface area contributed by atoms with Crippen molar-refractivity contribution in [3.8, 4) is 5.88 Å². The van der Waals surface area contributed by atoms with E-state index in [-0.39, 0.29) is 47.7 Å². The van der Waals surface area contributed by atoms with E-state index in [2.05, 4.69) is 46.4 Å². The number of benzene rings is 2. The highest BCUT2D eigenvalue weighted by Crippen LogP contribution is 2.28. The van der Waals surface area contributed by atoms with Crippen LogP contribution in [0.25, 0.3) is 0 Å². The molecule has 0 aliphatic heterocycles. The summed E-state index contributed by atoms with van der Waals surface area (Å²) in [5, 5.41) is 10.0. The largest absolute Gasteiger partial charge is 0.478 e. The van der Waals surface area contributed by atoms with Crippen LogP contribution in [0.3, 0.4) is 0 Å². The number of hydrogen-bond donors (Lipinski definition) is 5. The molecule has 0 aliphatic rings. The Hall–Kier alpha value is -4.52. The number of methoxy groups -OCH3 is 1. The Morgan fingerprint density at radius 1 is 0.842 bits per heavy atom. The first kappa shape index (κ1) is 45.2. The molecule has 2 heterocycles. The minimum absolute atomic E-state index is 0.0488. The molecule has 57 heavy (non-hydrogen) atoms. The maximum atomic E-state index is 14.2. The van der Waals surface area contributed by atoms with Crippen molar-refractivity contribution >= 4 is 60.7 Å². The van der Waals surface area contributed by atoms with Crippen LogP contribution in [0.2, 0.25) is 0 Å². The number of primary amides is 1. The second-order valence-corrected chi connectivity index (χ2v) is 14.2. The Kier molecular flexibility index (Phi) is 19.3. The fourth-order valence-corrected chi connectivity index (χ4v) is 6.05. The summed E-state index contributed by atoms with van der Waals surface area (Å²) in [4.78, 5) is 20.4. The SMILES string of the molecule is COc1nn(CCOCCOCCOCCOCCOCCOCCNS(=O)(=O)c2ccc(Nc3ncc(Br)c(Nc4cccc(F)c4C(N)=O)n3)cc2)cc1N. The van der Waals surface area contributed by atoms with E-state index < -0.39 is 21.7 Å². The summed E-state index contributed by atoms with van der Waals surface area (Å²) in [6, 6.07) is 9.98. The molecule has 7 N–H and O–H groups in total. The Bertz CT molecular complexity index is 1940. The number of nitrogens with zero attached hydrogens (tertiary/aromatic N) is 4. The van der Waals surface area contributed by atoms with E-state index in [4.69, 9.17) is 44.6 Å². The second-order valence-electron chi connectivity index (χ2n) is 11.6.